The second-order valence-electron chi connectivity index (χ2n) is 4.24. The molecule has 1 aliphatic rings. The predicted molar refractivity (Wildman–Crippen MR) is 72.5 cm³/mol. The first kappa shape index (κ1) is 13.8. The van der Waals surface area contributed by atoms with Crippen molar-refractivity contribution in [1.82, 2.24) is 15.6 Å². The van der Waals surface area contributed by atoms with Gasteiger partial charge in [-0.15, -0.1) is 0 Å². The maximum atomic E-state index is 12.1. The molecule has 2 N–H and O–H groups in total. The molecule has 0 fully saturated rings. The minimum absolute atomic E-state index is 0.118. The smallest absolute Gasteiger partial charge is 0.338 e. The van der Waals surface area contributed by atoms with Crippen LogP contribution in [0, 0.1) is 0 Å². The predicted octanol–water partition coefficient (Wildman–Crippen LogP) is 1.44. The number of esters is 1. The summed E-state index contributed by atoms with van der Waals surface area (Å²) in [7, 11) is 0. The topological polar surface area (TPSA) is 80.3 Å². The number of pyridine rings is 1. The number of nitrogens with zero attached hydrogens (tertiary/aromatic N) is 1. The first-order valence-corrected chi connectivity index (χ1v) is 6.09. The molecule has 2 heterocycles. The van der Waals surface area contributed by atoms with E-state index >= 15 is 0 Å². The standard InChI is InChI=1S/C14H15N3O3/c1-3-8-20-13(18)11-9(2)16-14(19)17-12(11)10-4-6-15-7-5-10/h3-7,12H,1,8H2,2H3,(H2,16,17,19)/t12-/m1/s1. The molecule has 1 aromatic heterocycles. The summed E-state index contributed by atoms with van der Waals surface area (Å²) in [6.07, 6.45) is 4.70. The van der Waals surface area contributed by atoms with Crippen molar-refractivity contribution >= 4 is 12.0 Å². The second-order valence-corrected chi connectivity index (χ2v) is 4.24. The molecule has 0 aromatic carbocycles. The molecule has 6 nitrogen and oxygen atoms in total. The Labute approximate surface area is 116 Å². The molecule has 1 aromatic rings. The average molecular weight is 273 g/mol. The molecule has 0 radical (unpaired) electrons. The number of amides is 2. The molecular weight excluding hydrogens is 258 g/mol. The quantitative estimate of drug-likeness (QED) is 0.642. The molecule has 1 aliphatic heterocycles. The van der Waals surface area contributed by atoms with Crippen molar-refractivity contribution in [1.29, 1.82) is 0 Å². The fraction of sp³-hybridized carbons (Fsp3) is 0.214. The SMILES string of the molecule is C=CCOC(=O)C1=C(C)NC(=O)N[C@@H]1c1ccncc1. The molecule has 104 valence electrons. The van der Waals surface area contributed by atoms with Crippen LogP contribution >= 0.6 is 0 Å². The maximum absolute atomic E-state index is 12.1. The number of aromatic nitrogens is 1. The van der Waals surface area contributed by atoms with Crippen LogP contribution < -0.4 is 10.6 Å². The maximum Gasteiger partial charge on any atom is 0.338 e. The van der Waals surface area contributed by atoms with Crippen molar-refractivity contribution in [2.75, 3.05) is 6.61 Å². The lowest BCUT2D eigenvalue weighted by Crippen LogP contribution is -2.45. The van der Waals surface area contributed by atoms with Gasteiger partial charge in [-0.1, -0.05) is 12.7 Å². The highest BCUT2D eigenvalue weighted by Crippen LogP contribution is 2.26. The summed E-state index contributed by atoms with van der Waals surface area (Å²) >= 11 is 0. The molecule has 1 atom stereocenters. The Morgan fingerprint density at radius 1 is 1.50 bits per heavy atom. The minimum Gasteiger partial charge on any atom is -0.458 e. The van der Waals surface area contributed by atoms with Crippen LogP contribution in [-0.2, 0) is 9.53 Å². The Morgan fingerprint density at radius 2 is 2.20 bits per heavy atom. The zero-order chi connectivity index (χ0) is 14.5. The van der Waals surface area contributed by atoms with E-state index in [4.69, 9.17) is 4.74 Å². The van der Waals surface area contributed by atoms with Crippen molar-refractivity contribution in [2.24, 2.45) is 0 Å². The van der Waals surface area contributed by atoms with Crippen molar-refractivity contribution in [3.63, 3.8) is 0 Å². The summed E-state index contributed by atoms with van der Waals surface area (Å²) in [5, 5.41) is 5.28. The van der Waals surface area contributed by atoms with E-state index in [0.717, 1.165) is 5.56 Å². The summed E-state index contributed by atoms with van der Waals surface area (Å²) in [4.78, 5) is 27.6. The Hall–Kier alpha value is -2.63. The zero-order valence-corrected chi connectivity index (χ0v) is 11.1. The van der Waals surface area contributed by atoms with Gasteiger partial charge in [0.25, 0.3) is 0 Å². The summed E-state index contributed by atoms with van der Waals surface area (Å²) < 4.78 is 5.07. The minimum atomic E-state index is -0.552. The van der Waals surface area contributed by atoms with Crippen molar-refractivity contribution in [3.05, 3.63) is 54.0 Å². The van der Waals surface area contributed by atoms with Gasteiger partial charge in [-0.25, -0.2) is 9.59 Å². The lowest BCUT2D eigenvalue weighted by molar-refractivity contribution is -0.138. The number of carbonyl (C=O) groups is 2. The number of rotatable bonds is 4. The van der Waals surface area contributed by atoms with Gasteiger partial charge >= 0.3 is 12.0 Å². The number of ether oxygens (including phenoxy) is 1. The Bertz CT molecular complexity index is 566. The third-order valence-corrected chi connectivity index (χ3v) is 2.86. The van der Waals surface area contributed by atoms with Gasteiger partial charge in [-0.2, -0.15) is 0 Å². The van der Waals surface area contributed by atoms with Crippen molar-refractivity contribution in [3.8, 4) is 0 Å². The molecule has 0 spiro atoms. The summed E-state index contributed by atoms with van der Waals surface area (Å²) in [6.45, 7) is 5.28. The van der Waals surface area contributed by atoms with E-state index in [0.29, 0.717) is 11.3 Å². The molecule has 0 unspecified atom stereocenters. The summed E-state index contributed by atoms with van der Waals surface area (Å²) in [5.41, 5.74) is 1.61. The van der Waals surface area contributed by atoms with Crippen LogP contribution in [-0.4, -0.2) is 23.6 Å². The molecule has 6 heteroatoms. The van der Waals surface area contributed by atoms with E-state index in [2.05, 4.69) is 22.2 Å². The lowest BCUT2D eigenvalue weighted by Gasteiger charge is -2.27. The Morgan fingerprint density at radius 3 is 2.85 bits per heavy atom. The van der Waals surface area contributed by atoms with Crippen LogP contribution in [0.25, 0.3) is 0 Å². The lowest BCUT2D eigenvalue weighted by atomic mass is 9.96. The first-order chi connectivity index (χ1) is 9.63. The third-order valence-electron chi connectivity index (χ3n) is 2.86. The number of hydrogen-bond donors (Lipinski definition) is 2. The van der Waals surface area contributed by atoms with Crippen LogP contribution in [0.2, 0.25) is 0 Å². The fourth-order valence-corrected chi connectivity index (χ4v) is 1.98. The number of carbonyl (C=O) groups excluding carboxylic acids is 2. The van der Waals surface area contributed by atoms with E-state index < -0.39 is 12.0 Å². The van der Waals surface area contributed by atoms with E-state index in [-0.39, 0.29) is 12.6 Å². The second kappa shape index (κ2) is 6.01. The van der Waals surface area contributed by atoms with Gasteiger partial charge in [0.15, 0.2) is 0 Å². The average Bonchev–Trinajstić information content (AvgIpc) is 2.45. The van der Waals surface area contributed by atoms with E-state index in [1.807, 2.05) is 0 Å². The first-order valence-electron chi connectivity index (χ1n) is 6.09. The van der Waals surface area contributed by atoms with Crippen LogP contribution in [0.3, 0.4) is 0 Å². The number of urea groups is 1. The molecule has 2 amide bonds. The highest BCUT2D eigenvalue weighted by Gasteiger charge is 2.31. The largest absolute Gasteiger partial charge is 0.458 e. The molecule has 0 aliphatic carbocycles. The van der Waals surface area contributed by atoms with Gasteiger partial charge in [0, 0.05) is 18.1 Å². The normalized spacial score (nSPS) is 18.1. The van der Waals surface area contributed by atoms with Gasteiger partial charge < -0.3 is 15.4 Å². The monoisotopic (exact) mass is 273 g/mol. The number of nitrogens with one attached hydrogen (secondary N) is 2. The Balaban J connectivity index is 2.36. The van der Waals surface area contributed by atoms with Crippen molar-refractivity contribution < 1.29 is 14.3 Å². The molecular formula is C14H15N3O3. The highest BCUT2D eigenvalue weighted by molar-refractivity contribution is 5.95. The van der Waals surface area contributed by atoms with E-state index in [9.17, 15) is 9.59 Å². The fourth-order valence-electron chi connectivity index (χ4n) is 1.98. The van der Waals surface area contributed by atoms with Crippen LogP contribution in [0.15, 0.2) is 48.5 Å². The number of allylic oxidation sites excluding steroid dienone is 1. The molecule has 0 saturated heterocycles. The molecule has 0 bridgehead atoms. The van der Waals surface area contributed by atoms with Crippen LogP contribution in [0.4, 0.5) is 4.79 Å². The van der Waals surface area contributed by atoms with Gasteiger partial charge in [-0.05, 0) is 24.6 Å². The molecule has 2 rings (SSSR count). The van der Waals surface area contributed by atoms with E-state index in [1.54, 1.807) is 31.5 Å². The Kier molecular flexibility index (Phi) is 4.14. The van der Waals surface area contributed by atoms with Crippen molar-refractivity contribution in [2.45, 2.75) is 13.0 Å². The van der Waals surface area contributed by atoms with E-state index in [1.165, 1.54) is 6.08 Å². The van der Waals surface area contributed by atoms with Gasteiger partial charge in [0.05, 0.1) is 11.6 Å². The molecule has 0 saturated carbocycles. The third kappa shape index (κ3) is 2.85. The number of hydrogen-bond acceptors (Lipinski definition) is 4. The van der Waals surface area contributed by atoms with Crippen LogP contribution in [0.1, 0.15) is 18.5 Å². The van der Waals surface area contributed by atoms with Gasteiger partial charge in [-0.3, -0.25) is 4.98 Å². The molecule has 20 heavy (non-hydrogen) atoms. The van der Waals surface area contributed by atoms with Crippen LogP contribution in [0.5, 0.6) is 0 Å². The highest BCUT2D eigenvalue weighted by atomic mass is 16.5. The summed E-state index contributed by atoms with van der Waals surface area (Å²) in [5.74, 6) is -0.489. The zero-order valence-electron chi connectivity index (χ0n) is 11.1. The summed E-state index contributed by atoms with van der Waals surface area (Å²) in [6, 6.07) is 2.57. The van der Waals surface area contributed by atoms with Gasteiger partial charge in [0.1, 0.15) is 6.61 Å². The van der Waals surface area contributed by atoms with Gasteiger partial charge in [0.2, 0.25) is 0 Å².